The molecule has 0 unspecified atom stereocenters. The zero-order valence-corrected chi connectivity index (χ0v) is 17.3. The Balaban J connectivity index is 2.02. The molecule has 1 aliphatic heterocycles. The van der Waals surface area contributed by atoms with Gasteiger partial charge in [-0.3, -0.25) is 14.4 Å². The van der Waals surface area contributed by atoms with E-state index in [-0.39, 0.29) is 12.5 Å². The normalized spacial score (nSPS) is 31.4. The number of rotatable bonds is 3. The van der Waals surface area contributed by atoms with Crippen molar-refractivity contribution in [3.63, 3.8) is 0 Å². The van der Waals surface area contributed by atoms with Crippen molar-refractivity contribution in [2.75, 3.05) is 6.61 Å². The second kappa shape index (κ2) is 7.80. The SMILES string of the molecule is CC(=O)OC[C@@H]1[C@H]2C=C3CCCC[C@H]3[C@@H](C(=O)O)[C@H]2C(=O)N1C(=O)OC(C)(C)C. The molecule has 29 heavy (non-hydrogen) atoms. The van der Waals surface area contributed by atoms with E-state index in [0.717, 1.165) is 36.2 Å². The maximum Gasteiger partial charge on any atom is 0.417 e. The second-order valence-corrected chi connectivity index (χ2v) is 9.12. The number of carboxylic acid groups (broad SMARTS) is 1. The maximum absolute atomic E-state index is 13.3. The van der Waals surface area contributed by atoms with Crippen LogP contribution in [0.1, 0.15) is 53.4 Å². The standard InChI is InChI=1S/C21H29NO7/c1-11(23)28-10-15-14-9-12-7-5-6-8-13(12)17(19(25)26)16(14)18(24)22(15)20(27)29-21(2,3)4/h9,13-17H,5-8,10H2,1-4H3,(H,25,26)/t13-,14-,15-,16+,17-/m1/s1. The van der Waals surface area contributed by atoms with Crippen LogP contribution in [0.4, 0.5) is 4.79 Å². The van der Waals surface area contributed by atoms with Crippen LogP contribution in [-0.2, 0) is 23.9 Å². The van der Waals surface area contributed by atoms with Crippen molar-refractivity contribution in [2.24, 2.45) is 23.7 Å². The molecular weight excluding hydrogens is 378 g/mol. The van der Waals surface area contributed by atoms with Crippen LogP contribution in [0.25, 0.3) is 0 Å². The third-order valence-electron chi connectivity index (χ3n) is 5.98. The van der Waals surface area contributed by atoms with E-state index >= 15 is 0 Å². The molecule has 1 saturated heterocycles. The highest BCUT2D eigenvalue weighted by Crippen LogP contribution is 2.50. The number of aliphatic carboxylic acids is 1. The summed E-state index contributed by atoms with van der Waals surface area (Å²) in [6.07, 6.45) is 4.54. The van der Waals surface area contributed by atoms with Crippen molar-refractivity contribution in [3.8, 4) is 0 Å². The minimum absolute atomic E-state index is 0.178. The lowest BCUT2D eigenvalue weighted by molar-refractivity contribution is -0.151. The third-order valence-corrected chi connectivity index (χ3v) is 5.98. The topological polar surface area (TPSA) is 110 Å². The van der Waals surface area contributed by atoms with Crippen molar-refractivity contribution in [2.45, 2.75) is 65.0 Å². The number of hydrogen-bond acceptors (Lipinski definition) is 6. The van der Waals surface area contributed by atoms with Crippen LogP contribution >= 0.6 is 0 Å². The summed E-state index contributed by atoms with van der Waals surface area (Å²) in [5.41, 5.74) is 0.215. The zero-order chi connectivity index (χ0) is 21.5. The number of carbonyl (C=O) groups is 4. The molecule has 8 nitrogen and oxygen atoms in total. The minimum Gasteiger partial charge on any atom is -0.481 e. The molecule has 3 rings (SSSR count). The molecule has 8 heteroatoms. The number of hydrogen-bond donors (Lipinski definition) is 1. The Morgan fingerprint density at radius 2 is 1.93 bits per heavy atom. The van der Waals surface area contributed by atoms with Gasteiger partial charge in [0.05, 0.1) is 17.9 Å². The van der Waals surface area contributed by atoms with E-state index in [1.165, 1.54) is 6.92 Å². The summed E-state index contributed by atoms with van der Waals surface area (Å²) in [5, 5.41) is 9.96. The Morgan fingerprint density at radius 3 is 2.52 bits per heavy atom. The Bertz CT molecular complexity index is 751. The van der Waals surface area contributed by atoms with Crippen molar-refractivity contribution in [3.05, 3.63) is 11.6 Å². The molecule has 0 aromatic carbocycles. The summed E-state index contributed by atoms with van der Waals surface area (Å²) in [6, 6.07) is -0.775. The largest absolute Gasteiger partial charge is 0.481 e. The summed E-state index contributed by atoms with van der Waals surface area (Å²) in [5.74, 6) is -4.58. The molecule has 0 aromatic rings. The molecule has 2 amide bonds. The van der Waals surface area contributed by atoms with E-state index in [9.17, 15) is 24.3 Å². The van der Waals surface area contributed by atoms with Gasteiger partial charge in [-0.2, -0.15) is 0 Å². The number of ether oxygens (including phenoxy) is 2. The number of allylic oxidation sites excluding steroid dienone is 1. The van der Waals surface area contributed by atoms with Crippen molar-refractivity contribution in [1.82, 2.24) is 4.90 Å². The molecule has 2 aliphatic carbocycles. The van der Waals surface area contributed by atoms with Gasteiger partial charge in [-0.1, -0.05) is 18.1 Å². The van der Waals surface area contributed by atoms with Crippen molar-refractivity contribution >= 4 is 23.9 Å². The van der Waals surface area contributed by atoms with E-state index in [1.54, 1.807) is 20.8 Å². The highest BCUT2D eigenvalue weighted by Gasteiger charge is 2.59. The van der Waals surface area contributed by atoms with Crippen molar-refractivity contribution < 1.29 is 33.8 Å². The van der Waals surface area contributed by atoms with Gasteiger partial charge < -0.3 is 14.6 Å². The Kier molecular flexibility index (Phi) is 5.74. The molecule has 1 N–H and O–H groups in total. The van der Waals surface area contributed by atoms with Gasteiger partial charge in [0.25, 0.3) is 0 Å². The molecule has 1 heterocycles. The summed E-state index contributed by atoms with van der Waals surface area (Å²) >= 11 is 0. The summed E-state index contributed by atoms with van der Waals surface area (Å²) in [4.78, 5) is 50.7. The lowest BCUT2D eigenvalue weighted by Gasteiger charge is -2.39. The molecule has 5 atom stereocenters. The average molecular weight is 407 g/mol. The Morgan fingerprint density at radius 1 is 1.24 bits per heavy atom. The van der Waals surface area contributed by atoms with E-state index in [0.29, 0.717) is 0 Å². The van der Waals surface area contributed by atoms with Gasteiger partial charge in [-0.25, -0.2) is 9.69 Å². The maximum atomic E-state index is 13.3. The second-order valence-electron chi connectivity index (χ2n) is 9.12. The lowest BCUT2D eigenvalue weighted by atomic mass is 9.63. The van der Waals surface area contributed by atoms with Gasteiger partial charge in [0, 0.05) is 12.8 Å². The number of esters is 1. The number of amides is 2. The molecule has 0 aromatic heterocycles. The minimum atomic E-state index is -1.02. The van der Waals surface area contributed by atoms with Gasteiger partial charge in [-0.05, 0) is 46.0 Å². The van der Waals surface area contributed by atoms with E-state index in [1.807, 2.05) is 6.08 Å². The first kappa shape index (κ1) is 21.3. The van der Waals surface area contributed by atoms with Crippen LogP contribution in [0.3, 0.4) is 0 Å². The van der Waals surface area contributed by atoms with Crippen LogP contribution in [-0.4, -0.2) is 52.2 Å². The summed E-state index contributed by atoms with van der Waals surface area (Å²) in [6.45, 7) is 6.15. The van der Waals surface area contributed by atoms with Crippen LogP contribution in [0, 0.1) is 23.7 Å². The summed E-state index contributed by atoms with van der Waals surface area (Å²) < 4.78 is 10.6. The fraction of sp³-hybridized carbons (Fsp3) is 0.714. The van der Waals surface area contributed by atoms with Gasteiger partial charge in [0.1, 0.15) is 12.2 Å². The highest BCUT2D eigenvalue weighted by atomic mass is 16.6. The number of fused-ring (bicyclic) bond motifs is 2. The predicted octanol–water partition coefficient (Wildman–Crippen LogP) is 2.76. The van der Waals surface area contributed by atoms with Gasteiger partial charge >= 0.3 is 18.0 Å². The average Bonchev–Trinajstić information content (AvgIpc) is 2.88. The first-order valence-corrected chi connectivity index (χ1v) is 10.1. The van der Waals surface area contributed by atoms with Gasteiger partial charge in [0.2, 0.25) is 5.91 Å². The number of carbonyl (C=O) groups excluding carboxylic acids is 3. The molecule has 2 fully saturated rings. The highest BCUT2D eigenvalue weighted by molar-refractivity contribution is 5.98. The Hall–Kier alpha value is -2.38. The predicted molar refractivity (Wildman–Crippen MR) is 102 cm³/mol. The summed E-state index contributed by atoms with van der Waals surface area (Å²) in [7, 11) is 0. The Labute approximate surface area is 170 Å². The number of likely N-dealkylation sites (tertiary alicyclic amines) is 1. The fourth-order valence-corrected chi connectivity index (χ4v) is 4.94. The monoisotopic (exact) mass is 407 g/mol. The molecule has 0 spiro atoms. The van der Waals surface area contributed by atoms with E-state index < -0.39 is 53.3 Å². The fourth-order valence-electron chi connectivity index (χ4n) is 4.94. The molecule has 3 aliphatic rings. The van der Waals surface area contributed by atoms with Crippen molar-refractivity contribution in [1.29, 1.82) is 0 Å². The molecule has 160 valence electrons. The lowest BCUT2D eigenvalue weighted by Crippen LogP contribution is -2.45. The first-order chi connectivity index (χ1) is 13.5. The number of nitrogens with zero attached hydrogens (tertiary/aromatic N) is 1. The van der Waals surface area contributed by atoms with E-state index in [2.05, 4.69) is 0 Å². The van der Waals surface area contributed by atoms with E-state index in [4.69, 9.17) is 9.47 Å². The third kappa shape index (κ3) is 4.16. The first-order valence-electron chi connectivity index (χ1n) is 10.1. The molecule has 0 radical (unpaired) electrons. The molecule has 1 saturated carbocycles. The number of imide groups is 1. The molecular formula is C21H29NO7. The van der Waals surface area contributed by atoms with Crippen LogP contribution in [0.5, 0.6) is 0 Å². The molecule has 0 bridgehead atoms. The van der Waals surface area contributed by atoms with Crippen LogP contribution in [0.15, 0.2) is 11.6 Å². The smallest absolute Gasteiger partial charge is 0.417 e. The van der Waals surface area contributed by atoms with Crippen LogP contribution < -0.4 is 0 Å². The van der Waals surface area contributed by atoms with Crippen LogP contribution in [0.2, 0.25) is 0 Å². The quantitative estimate of drug-likeness (QED) is 0.566. The van der Waals surface area contributed by atoms with Gasteiger partial charge in [-0.15, -0.1) is 0 Å². The zero-order valence-electron chi connectivity index (χ0n) is 17.3. The van der Waals surface area contributed by atoms with Gasteiger partial charge in [0.15, 0.2) is 0 Å². The number of carboxylic acids is 1.